The molecule has 4 nitrogen and oxygen atoms in total. The summed E-state index contributed by atoms with van der Waals surface area (Å²) < 4.78 is 4.59. The molecule has 4 heteroatoms. The van der Waals surface area contributed by atoms with Crippen LogP contribution in [0.4, 0.5) is 0 Å². The summed E-state index contributed by atoms with van der Waals surface area (Å²) in [6, 6.07) is 8.82. The van der Waals surface area contributed by atoms with Gasteiger partial charge in [0.15, 0.2) is 0 Å². The number of rotatable bonds is 1. The number of carbonyl (C=O) groups is 1. The fourth-order valence-electron chi connectivity index (χ4n) is 1.30. The third-order valence-corrected chi connectivity index (χ3v) is 2.15. The molecule has 2 aromatic rings. The molecule has 0 bridgehead atoms. The first-order chi connectivity index (χ1) is 8.79. The van der Waals surface area contributed by atoms with Crippen LogP contribution in [0.5, 0.6) is 0 Å². The van der Waals surface area contributed by atoms with Gasteiger partial charge in [-0.05, 0) is 30.2 Å². The van der Waals surface area contributed by atoms with E-state index in [1.807, 2.05) is 18.2 Å². The molecule has 2 heterocycles. The molecule has 0 aliphatic rings. The van der Waals surface area contributed by atoms with Gasteiger partial charge in [-0.1, -0.05) is 12.0 Å². The van der Waals surface area contributed by atoms with Crippen LogP contribution in [0.15, 0.2) is 42.7 Å². The van der Waals surface area contributed by atoms with E-state index in [1.54, 1.807) is 18.3 Å². The van der Waals surface area contributed by atoms with Crippen molar-refractivity contribution in [3.63, 3.8) is 0 Å². The van der Waals surface area contributed by atoms with Gasteiger partial charge in [-0.15, -0.1) is 0 Å². The average molecular weight is 238 g/mol. The molecular weight excluding hydrogens is 228 g/mol. The lowest BCUT2D eigenvalue weighted by Crippen LogP contribution is -2.03. The molecule has 0 aromatic carbocycles. The van der Waals surface area contributed by atoms with Crippen molar-refractivity contribution in [2.75, 3.05) is 7.11 Å². The van der Waals surface area contributed by atoms with Gasteiger partial charge >= 0.3 is 5.97 Å². The normalized spacial score (nSPS) is 9.17. The van der Waals surface area contributed by atoms with E-state index in [0.29, 0.717) is 11.3 Å². The first kappa shape index (κ1) is 11.8. The lowest BCUT2D eigenvalue weighted by atomic mass is 10.2. The number of pyridine rings is 2. The maximum atomic E-state index is 11.3. The highest BCUT2D eigenvalue weighted by molar-refractivity contribution is 5.87. The van der Waals surface area contributed by atoms with Crippen LogP contribution in [-0.4, -0.2) is 23.0 Å². The largest absolute Gasteiger partial charge is 0.464 e. The Morgan fingerprint density at radius 1 is 1.17 bits per heavy atom. The van der Waals surface area contributed by atoms with Crippen LogP contribution >= 0.6 is 0 Å². The monoisotopic (exact) mass is 238 g/mol. The number of carbonyl (C=O) groups excluding carboxylic acids is 1. The second kappa shape index (κ2) is 5.60. The highest BCUT2D eigenvalue weighted by atomic mass is 16.5. The zero-order valence-corrected chi connectivity index (χ0v) is 9.75. The Morgan fingerprint density at radius 3 is 2.78 bits per heavy atom. The summed E-state index contributed by atoms with van der Waals surface area (Å²) in [6.45, 7) is 0. The summed E-state index contributed by atoms with van der Waals surface area (Å²) in [5.74, 6) is 5.35. The van der Waals surface area contributed by atoms with Crippen molar-refractivity contribution in [2.24, 2.45) is 0 Å². The van der Waals surface area contributed by atoms with Gasteiger partial charge in [0.05, 0.1) is 7.11 Å². The molecule has 0 atom stereocenters. The van der Waals surface area contributed by atoms with Gasteiger partial charge in [-0.2, -0.15) is 0 Å². The lowest BCUT2D eigenvalue weighted by Gasteiger charge is -1.97. The summed E-state index contributed by atoms with van der Waals surface area (Å²) in [4.78, 5) is 19.3. The van der Waals surface area contributed by atoms with Gasteiger partial charge in [-0.3, -0.25) is 0 Å². The average Bonchev–Trinajstić information content (AvgIpc) is 2.45. The fourth-order valence-corrected chi connectivity index (χ4v) is 1.30. The molecule has 0 saturated heterocycles. The van der Waals surface area contributed by atoms with Crippen LogP contribution in [0.1, 0.15) is 21.7 Å². The molecule has 0 unspecified atom stereocenters. The van der Waals surface area contributed by atoms with Crippen LogP contribution in [-0.2, 0) is 4.74 Å². The van der Waals surface area contributed by atoms with Gasteiger partial charge in [0.2, 0.25) is 0 Å². The SMILES string of the molecule is COC(=O)c1cc(C#Cc2ccccn2)ccn1. The highest BCUT2D eigenvalue weighted by Gasteiger charge is 2.06. The molecule has 0 aliphatic heterocycles. The molecule has 2 rings (SSSR count). The number of ether oxygens (including phenoxy) is 1. The van der Waals surface area contributed by atoms with Gasteiger partial charge in [-0.25, -0.2) is 14.8 Å². The molecule has 0 radical (unpaired) electrons. The van der Waals surface area contributed by atoms with E-state index in [2.05, 4.69) is 26.5 Å². The molecule has 0 fully saturated rings. The zero-order chi connectivity index (χ0) is 12.8. The highest BCUT2D eigenvalue weighted by Crippen LogP contribution is 2.02. The van der Waals surface area contributed by atoms with Crippen molar-refractivity contribution in [3.8, 4) is 11.8 Å². The lowest BCUT2D eigenvalue weighted by molar-refractivity contribution is 0.0594. The van der Waals surface area contributed by atoms with Crippen LogP contribution < -0.4 is 0 Å². The Kier molecular flexibility index (Phi) is 3.67. The van der Waals surface area contributed by atoms with Gasteiger partial charge in [0.1, 0.15) is 11.4 Å². The van der Waals surface area contributed by atoms with E-state index < -0.39 is 5.97 Å². The Labute approximate surface area is 105 Å². The van der Waals surface area contributed by atoms with E-state index in [9.17, 15) is 4.79 Å². The van der Waals surface area contributed by atoms with Crippen LogP contribution in [0, 0.1) is 11.8 Å². The van der Waals surface area contributed by atoms with E-state index in [4.69, 9.17) is 0 Å². The Balaban J connectivity index is 2.25. The van der Waals surface area contributed by atoms with Crippen molar-refractivity contribution in [3.05, 3.63) is 59.7 Å². The maximum Gasteiger partial charge on any atom is 0.356 e. The molecule has 2 aromatic heterocycles. The minimum absolute atomic E-state index is 0.241. The third-order valence-electron chi connectivity index (χ3n) is 2.15. The van der Waals surface area contributed by atoms with Crippen molar-refractivity contribution in [1.82, 2.24) is 9.97 Å². The second-order valence-electron chi connectivity index (χ2n) is 3.39. The van der Waals surface area contributed by atoms with Gasteiger partial charge in [0, 0.05) is 18.0 Å². The Hall–Kier alpha value is -2.67. The fraction of sp³-hybridized carbons (Fsp3) is 0.0714. The van der Waals surface area contributed by atoms with Gasteiger partial charge in [0.25, 0.3) is 0 Å². The second-order valence-corrected chi connectivity index (χ2v) is 3.39. The van der Waals surface area contributed by atoms with E-state index in [0.717, 1.165) is 0 Å². The van der Waals surface area contributed by atoms with Gasteiger partial charge < -0.3 is 4.74 Å². The van der Waals surface area contributed by atoms with Crippen molar-refractivity contribution in [1.29, 1.82) is 0 Å². The standard InChI is InChI=1S/C14H10N2O2/c1-18-14(17)13-10-11(7-9-16-13)5-6-12-4-2-3-8-15-12/h2-4,7-10H,1H3. The molecule has 0 N–H and O–H groups in total. The number of hydrogen-bond acceptors (Lipinski definition) is 4. The smallest absolute Gasteiger partial charge is 0.356 e. The quantitative estimate of drug-likeness (QED) is 0.560. The topological polar surface area (TPSA) is 52.1 Å². The van der Waals surface area contributed by atoms with E-state index >= 15 is 0 Å². The van der Waals surface area contributed by atoms with Crippen molar-refractivity contribution in [2.45, 2.75) is 0 Å². The molecular formula is C14H10N2O2. The van der Waals surface area contributed by atoms with Crippen LogP contribution in [0.25, 0.3) is 0 Å². The first-order valence-electron chi connectivity index (χ1n) is 5.27. The molecule has 0 amide bonds. The number of hydrogen-bond donors (Lipinski definition) is 0. The number of nitrogens with zero attached hydrogens (tertiary/aromatic N) is 2. The van der Waals surface area contributed by atoms with Crippen molar-refractivity contribution >= 4 is 5.97 Å². The molecule has 18 heavy (non-hydrogen) atoms. The van der Waals surface area contributed by atoms with E-state index in [1.165, 1.54) is 13.3 Å². The zero-order valence-electron chi connectivity index (χ0n) is 9.75. The summed E-state index contributed by atoms with van der Waals surface area (Å²) >= 11 is 0. The predicted molar refractivity (Wildman–Crippen MR) is 65.8 cm³/mol. The Bertz CT molecular complexity index is 612. The van der Waals surface area contributed by atoms with Crippen LogP contribution in [0.3, 0.4) is 0 Å². The predicted octanol–water partition coefficient (Wildman–Crippen LogP) is 1.66. The third kappa shape index (κ3) is 2.92. The van der Waals surface area contributed by atoms with Crippen LogP contribution in [0.2, 0.25) is 0 Å². The minimum Gasteiger partial charge on any atom is -0.464 e. The Morgan fingerprint density at radius 2 is 2.06 bits per heavy atom. The molecule has 0 spiro atoms. The molecule has 0 saturated carbocycles. The number of aromatic nitrogens is 2. The summed E-state index contributed by atoms with van der Waals surface area (Å²) in [5, 5.41) is 0. The summed E-state index contributed by atoms with van der Waals surface area (Å²) in [5.41, 5.74) is 1.61. The van der Waals surface area contributed by atoms with E-state index in [-0.39, 0.29) is 5.69 Å². The van der Waals surface area contributed by atoms with Crippen molar-refractivity contribution < 1.29 is 9.53 Å². The molecule has 0 aliphatic carbocycles. The number of methoxy groups -OCH3 is 1. The minimum atomic E-state index is -0.475. The number of esters is 1. The molecule has 88 valence electrons. The summed E-state index contributed by atoms with van der Waals surface area (Å²) in [6.07, 6.45) is 3.20. The maximum absolute atomic E-state index is 11.3. The first-order valence-corrected chi connectivity index (χ1v) is 5.27. The summed E-state index contributed by atoms with van der Waals surface area (Å²) in [7, 11) is 1.32.